The van der Waals surface area contributed by atoms with Gasteiger partial charge in [0.2, 0.25) is 5.95 Å². The maximum Gasteiger partial charge on any atom is 0.207 e. The van der Waals surface area contributed by atoms with Gasteiger partial charge in [-0.15, -0.1) is 0 Å². The smallest absolute Gasteiger partial charge is 0.207 e. The Morgan fingerprint density at radius 3 is 2.83 bits per heavy atom. The number of aromatic nitrogens is 2. The third-order valence-electron chi connectivity index (χ3n) is 2.54. The molecule has 0 unspecified atom stereocenters. The molecule has 0 atom stereocenters. The monoisotopic (exact) mass is 263 g/mol. The van der Waals surface area contributed by atoms with Crippen molar-refractivity contribution in [3.05, 3.63) is 41.2 Å². The van der Waals surface area contributed by atoms with Crippen LogP contribution in [0.25, 0.3) is 0 Å². The quantitative estimate of drug-likeness (QED) is 0.894. The van der Waals surface area contributed by atoms with Gasteiger partial charge in [-0.25, -0.2) is 4.98 Å². The zero-order chi connectivity index (χ0) is 13.1. The second-order valence-corrected chi connectivity index (χ2v) is 5.32. The van der Waals surface area contributed by atoms with Gasteiger partial charge in [0.05, 0.1) is 5.69 Å². The van der Waals surface area contributed by atoms with Crippen LogP contribution in [0.5, 0.6) is 0 Å². The van der Waals surface area contributed by atoms with Crippen molar-refractivity contribution in [2.75, 3.05) is 5.32 Å². The van der Waals surface area contributed by atoms with Gasteiger partial charge in [-0.05, 0) is 31.0 Å². The fraction of sp³-hybridized carbons (Fsp3) is 0.357. The highest BCUT2D eigenvalue weighted by atomic mass is 35.5. The highest BCUT2D eigenvalue weighted by Crippen LogP contribution is 2.20. The van der Waals surface area contributed by atoms with Gasteiger partial charge in [0, 0.05) is 23.5 Å². The first-order valence-corrected chi connectivity index (χ1v) is 6.49. The Bertz CT molecular complexity index is 532. The van der Waals surface area contributed by atoms with E-state index in [4.69, 9.17) is 11.6 Å². The normalized spacial score (nSPS) is 10.9. The van der Waals surface area contributed by atoms with Crippen molar-refractivity contribution >= 4 is 23.2 Å². The molecule has 2 aromatic rings. The van der Waals surface area contributed by atoms with E-state index in [0.29, 0.717) is 5.92 Å². The summed E-state index contributed by atoms with van der Waals surface area (Å²) in [4.78, 5) is 4.50. The molecule has 0 saturated heterocycles. The van der Waals surface area contributed by atoms with E-state index in [1.165, 1.54) is 0 Å². The summed E-state index contributed by atoms with van der Waals surface area (Å²) >= 11 is 5.97. The minimum Gasteiger partial charge on any atom is -0.326 e. The molecule has 1 aromatic carbocycles. The lowest BCUT2D eigenvalue weighted by molar-refractivity contribution is 0.527. The van der Waals surface area contributed by atoms with Crippen LogP contribution in [-0.4, -0.2) is 9.55 Å². The fourth-order valence-electron chi connectivity index (χ4n) is 1.87. The number of aryl methyl sites for hydroxylation is 1. The summed E-state index contributed by atoms with van der Waals surface area (Å²) in [5, 5.41) is 4.03. The molecule has 0 aliphatic heterocycles. The zero-order valence-corrected chi connectivity index (χ0v) is 11.7. The summed E-state index contributed by atoms with van der Waals surface area (Å²) in [6.45, 7) is 7.33. The molecule has 0 amide bonds. The Morgan fingerprint density at radius 2 is 2.17 bits per heavy atom. The molecule has 4 heteroatoms. The summed E-state index contributed by atoms with van der Waals surface area (Å²) in [5.74, 6) is 1.45. The predicted molar refractivity (Wildman–Crippen MR) is 76.5 cm³/mol. The third kappa shape index (κ3) is 3.26. The van der Waals surface area contributed by atoms with E-state index in [1.807, 2.05) is 31.2 Å². The number of imidazole rings is 1. The molecule has 2 rings (SSSR count). The highest BCUT2D eigenvalue weighted by molar-refractivity contribution is 6.30. The molecule has 0 saturated carbocycles. The Hall–Kier alpha value is -1.48. The molecule has 3 nitrogen and oxygen atoms in total. The van der Waals surface area contributed by atoms with Crippen LogP contribution < -0.4 is 5.32 Å². The number of hydrogen-bond donors (Lipinski definition) is 1. The van der Waals surface area contributed by atoms with Crippen LogP contribution >= 0.6 is 11.6 Å². The minimum atomic E-state index is 0.582. The van der Waals surface area contributed by atoms with E-state index in [2.05, 4.69) is 34.9 Å². The number of rotatable bonds is 4. The van der Waals surface area contributed by atoms with Crippen LogP contribution in [0.2, 0.25) is 5.02 Å². The van der Waals surface area contributed by atoms with Crippen molar-refractivity contribution in [3.63, 3.8) is 0 Å². The molecule has 0 aliphatic rings. The third-order valence-corrected chi connectivity index (χ3v) is 2.77. The first kappa shape index (κ1) is 13.0. The Kier molecular flexibility index (Phi) is 3.92. The van der Waals surface area contributed by atoms with E-state index in [1.54, 1.807) is 0 Å². The average Bonchev–Trinajstić information content (AvgIpc) is 2.58. The van der Waals surface area contributed by atoms with Crippen molar-refractivity contribution in [2.24, 2.45) is 5.92 Å². The lowest BCUT2D eigenvalue weighted by atomic mass is 10.2. The van der Waals surface area contributed by atoms with Gasteiger partial charge >= 0.3 is 0 Å². The number of nitrogens with zero attached hydrogens (tertiary/aromatic N) is 2. The number of nitrogens with one attached hydrogen (secondary N) is 1. The molecular weight excluding hydrogens is 246 g/mol. The maximum absolute atomic E-state index is 5.97. The zero-order valence-electron chi connectivity index (χ0n) is 10.9. The summed E-state index contributed by atoms with van der Waals surface area (Å²) in [6.07, 6.45) is 2.06. The van der Waals surface area contributed by atoms with Crippen LogP contribution in [-0.2, 0) is 6.54 Å². The molecule has 0 spiro atoms. The van der Waals surface area contributed by atoms with E-state index in [9.17, 15) is 0 Å². The largest absolute Gasteiger partial charge is 0.326 e. The molecule has 96 valence electrons. The maximum atomic E-state index is 5.97. The van der Waals surface area contributed by atoms with Crippen molar-refractivity contribution in [3.8, 4) is 0 Å². The van der Waals surface area contributed by atoms with Crippen LogP contribution in [0.3, 0.4) is 0 Å². The van der Waals surface area contributed by atoms with Gasteiger partial charge in [-0.3, -0.25) is 0 Å². The van der Waals surface area contributed by atoms with E-state index < -0.39 is 0 Å². The Morgan fingerprint density at radius 1 is 1.39 bits per heavy atom. The van der Waals surface area contributed by atoms with Crippen molar-refractivity contribution in [1.29, 1.82) is 0 Å². The summed E-state index contributed by atoms with van der Waals surface area (Å²) in [5.41, 5.74) is 1.97. The Labute approximate surface area is 113 Å². The molecule has 0 radical (unpaired) electrons. The SMILES string of the molecule is Cc1cn(CC(C)C)c(Nc2cccc(Cl)c2)n1. The molecule has 1 N–H and O–H groups in total. The minimum absolute atomic E-state index is 0.582. The molecule has 18 heavy (non-hydrogen) atoms. The number of anilines is 2. The molecule has 0 aliphatic carbocycles. The van der Waals surface area contributed by atoms with Crippen molar-refractivity contribution in [2.45, 2.75) is 27.3 Å². The van der Waals surface area contributed by atoms with E-state index in [-0.39, 0.29) is 0 Å². The number of benzene rings is 1. The van der Waals surface area contributed by atoms with E-state index in [0.717, 1.165) is 28.9 Å². The van der Waals surface area contributed by atoms with Crippen molar-refractivity contribution < 1.29 is 0 Å². The van der Waals surface area contributed by atoms with Gasteiger partial charge in [-0.1, -0.05) is 31.5 Å². The highest BCUT2D eigenvalue weighted by Gasteiger charge is 2.07. The second-order valence-electron chi connectivity index (χ2n) is 4.89. The molecule has 1 heterocycles. The van der Waals surface area contributed by atoms with Gasteiger partial charge in [0.1, 0.15) is 0 Å². The lowest BCUT2D eigenvalue weighted by Crippen LogP contribution is -2.07. The average molecular weight is 264 g/mol. The second kappa shape index (κ2) is 5.44. The summed E-state index contributed by atoms with van der Waals surface area (Å²) in [7, 11) is 0. The summed E-state index contributed by atoms with van der Waals surface area (Å²) in [6, 6.07) is 7.66. The molecule has 1 aromatic heterocycles. The van der Waals surface area contributed by atoms with Crippen LogP contribution in [0.4, 0.5) is 11.6 Å². The van der Waals surface area contributed by atoms with Crippen LogP contribution in [0, 0.1) is 12.8 Å². The Balaban J connectivity index is 2.23. The molecule has 0 bridgehead atoms. The van der Waals surface area contributed by atoms with E-state index >= 15 is 0 Å². The van der Waals surface area contributed by atoms with Crippen LogP contribution in [0.1, 0.15) is 19.5 Å². The van der Waals surface area contributed by atoms with Crippen LogP contribution in [0.15, 0.2) is 30.5 Å². The number of hydrogen-bond acceptors (Lipinski definition) is 2. The fourth-order valence-corrected chi connectivity index (χ4v) is 2.06. The van der Waals surface area contributed by atoms with Gasteiger partial charge < -0.3 is 9.88 Å². The first-order chi connectivity index (χ1) is 8.54. The predicted octanol–water partition coefficient (Wildman–Crippen LogP) is 4.24. The molecule has 0 fully saturated rings. The first-order valence-electron chi connectivity index (χ1n) is 6.11. The van der Waals surface area contributed by atoms with Gasteiger partial charge in [-0.2, -0.15) is 0 Å². The molecular formula is C14H18ClN3. The van der Waals surface area contributed by atoms with Gasteiger partial charge in [0.25, 0.3) is 0 Å². The van der Waals surface area contributed by atoms with Crippen molar-refractivity contribution in [1.82, 2.24) is 9.55 Å². The standard InChI is InChI=1S/C14H18ClN3/c1-10(2)8-18-9-11(3)16-14(18)17-13-6-4-5-12(15)7-13/h4-7,9-10H,8H2,1-3H3,(H,16,17). The summed E-state index contributed by atoms with van der Waals surface area (Å²) < 4.78 is 2.14. The number of halogens is 1. The topological polar surface area (TPSA) is 29.9 Å². The van der Waals surface area contributed by atoms with Gasteiger partial charge in [0.15, 0.2) is 0 Å². The lowest BCUT2D eigenvalue weighted by Gasteiger charge is -2.11.